The number of halogens is 1. The van der Waals surface area contributed by atoms with Crippen molar-refractivity contribution in [3.05, 3.63) is 35.1 Å². The topological polar surface area (TPSA) is 69.0 Å². The molecule has 1 unspecified atom stereocenters. The highest BCUT2D eigenvalue weighted by molar-refractivity contribution is 8.00. The highest BCUT2D eigenvalue weighted by atomic mass is 35.5. The number of nitrogens with one attached hydrogen (secondary N) is 1. The van der Waals surface area contributed by atoms with Crippen LogP contribution in [0.2, 0.25) is 5.02 Å². The fraction of sp³-hybridized carbons (Fsp3) is 0.609. The van der Waals surface area contributed by atoms with Gasteiger partial charge in [0, 0.05) is 17.6 Å². The predicted molar refractivity (Wildman–Crippen MR) is 121 cm³/mol. The van der Waals surface area contributed by atoms with E-state index in [9.17, 15) is 4.79 Å². The maximum absolute atomic E-state index is 13.1. The van der Waals surface area contributed by atoms with Crippen LogP contribution in [0, 0.1) is 17.8 Å². The Bertz CT molecular complexity index is 926. The zero-order chi connectivity index (χ0) is 21.6. The minimum absolute atomic E-state index is 0.0398. The number of aromatic nitrogens is 3. The Hall–Kier alpha value is -1.73. The van der Waals surface area contributed by atoms with E-state index in [1.165, 1.54) is 50.3 Å². The molecule has 1 heterocycles. The molecule has 0 aliphatic heterocycles. The van der Waals surface area contributed by atoms with Crippen LogP contribution in [0.3, 0.4) is 0 Å². The lowest BCUT2D eigenvalue weighted by molar-refractivity contribution is -0.126. The van der Waals surface area contributed by atoms with Crippen molar-refractivity contribution in [3.63, 3.8) is 0 Å². The van der Waals surface area contributed by atoms with Crippen LogP contribution in [0.4, 0.5) is 0 Å². The van der Waals surface area contributed by atoms with Gasteiger partial charge in [-0.25, -0.2) is 0 Å². The first-order chi connectivity index (χ1) is 14.9. The first-order valence-electron chi connectivity index (χ1n) is 11.1. The Balaban J connectivity index is 1.18. The van der Waals surface area contributed by atoms with Crippen LogP contribution in [-0.4, -0.2) is 31.5 Å². The number of amides is 1. The molecule has 1 N–H and O–H groups in total. The van der Waals surface area contributed by atoms with Gasteiger partial charge in [-0.1, -0.05) is 23.4 Å². The Morgan fingerprint density at radius 1 is 1.19 bits per heavy atom. The second kappa shape index (κ2) is 8.32. The molecule has 4 aliphatic carbocycles. The quantitative estimate of drug-likeness (QED) is 0.611. The predicted octanol–water partition coefficient (Wildman–Crippen LogP) is 4.61. The molecule has 4 bridgehead atoms. The number of benzene rings is 1. The molecule has 8 heteroatoms. The molecule has 166 valence electrons. The molecule has 4 aliphatic rings. The monoisotopic (exact) mass is 460 g/mol. The summed E-state index contributed by atoms with van der Waals surface area (Å²) in [6, 6.07) is 7.23. The minimum atomic E-state index is -0.221. The molecule has 4 fully saturated rings. The van der Waals surface area contributed by atoms with Gasteiger partial charge >= 0.3 is 0 Å². The Labute approximate surface area is 192 Å². The summed E-state index contributed by atoms with van der Waals surface area (Å²) in [4.78, 5) is 13.1. The molecule has 1 atom stereocenters. The molecule has 6 rings (SSSR count). The van der Waals surface area contributed by atoms with E-state index in [-0.39, 0.29) is 16.7 Å². The van der Waals surface area contributed by atoms with Crippen molar-refractivity contribution in [2.24, 2.45) is 24.8 Å². The average Bonchev–Trinajstić information content (AvgIpc) is 3.05. The number of hydrogen-bond donors (Lipinski definition) is 1. The van der Waals surface area contributed by atoms with Crippen LogP contribution in [0.1, 0.15) is 51.3 Å². The molecule has 1 amide bonds. The number of nitrogens with zero attached hydrogens (tertiary/aromatic N) is 3. The molecule has 0 saturated heterocycles. The van der Waals surface area contributed by atoms with Gasteiger partial charge in [-0.2, -0.15) is 0 Å². The van der Waals surface area contributed by atoms with Gasteiger partial charge in [0.1, 0.15) is 12.4 Å². The van der Waals surface area contributed by atoms with Gasteiger partial charge in [-0.3, -0.25) is 4.79 Å². The Kier molecular flexibility index (Phi) is 5.67. The zero-order valence-corrected chi connectivity index (χ0v) is 19.6. The molecule has 1 aromatic heterocycles. The maximum Gasteiger partial charge on any atom is 0.233 e. The van der Waals surface area contributed by atoms with Gasteiger partial charge in [0.05, 0.1) is 5.25 Å². The molecule has 4 saturated carbocycles. The zero-order valence-electron chi connectivity index (χ0n) is 18.0. The van der Waals surface area contributed by atoms with Gasteiger partial charge < -0.3 is 14.6 Å². The summed E-state index contributed by atoms with van der Waals surface area (Å²) in [6.45, 7) is 2.26. The van der Waals surface area contributed by atoms with Gasteiger partial charge in [-0.15, -0.1) is 10.2 Å². The van der Waals surface area contributed by atoms with E-state index in [0.29, 0.717) is 17.5 Å². The second-order valence-corrected chi connectivity index (χ2v) is 11.4. The van der Waals surface area contributed by atoms with Crippen molar-refractivity contribution in [1.29, 1.82) is 0 Å². The molecule has 2 aromatic rings. The van der Waals surface area contributed by atoms with Crippen LogP contribution in [0.15, 0.2) is 29.4 Å². The number of carbonyl (C=O) groups is 1. The van der Waals surface area contributed by atoms with E-state index >= 15 is 0 Å². The van der Waals surface area contributed by atoms with Crippen molar-refractivity contribution in [3.8, 4) is 5.75 Å². The number of carbonyl (C=O) groups excluding carboxylic acids is 1. The lowest BCUT2D eigenvalue weighted by Crippen LogP contribution is -2.60. The Morgan fingerprint density at radius 3 is 2.42 bits per heavy atom. The summed E-state index contributed by atoms with van der Waals surface area (Å²) < 4.78 is 7.68. The lowest BCUT2D eigenvalue weighted by atomic mass is 9.53. The van der Waals surface area contributed by atoms with Gasteiger partial charge in [0.25, 0.3) is 0 Å². The first-order valence-corrected chi connectivity index (χ1v) is 12.4. The molecule has 0 spiro atoms. The third-order valence-corrected chi connectivity index (χ3v) is 8.57. The van der Waals surface area contributed by atoms with Gasteiger partial charge in [0.15, 0.2) is 11.0 Å². The summed E-state index contributed by atoms with van der Waals surface area (Å²) in [5.41, 5.74) is 0.0398. The van der Waals surface area contributed by atoms with E-state index < -0.39 is 0 Å². The number of hydrogen-bond acceptors (Lipinski definition) is 5. The van der Waals surface area contributed by atoms with E-state index in [2.05, 4.69) is 15.5 Å². The fourth-order valence-corrected chi connectivity index (χ4v) is 7.05. The fourth-order valence-electron chi connectivity index (χ4n) is 6.09. The maximum atomic E-state index is 13.1. The van der Waals surface area contributed by atoms with Crippen LogP contribution in [0.5, 0.6) is 5.75 Å². The largest absolute Gasteiger partial charge is 0.486 e. The van der Waals surface area contributed by atoms with E-state index in [4.69, 9.17) is 16.3 Å². The highest BCUT2D eigenvalue weighted by Crippen LogP contribution is 2.55. The summed E-state index contributed by atoms with van der Waals surface area (Å²) in [6.07, 6.45) is 7.62. The highest BCUT2D eigenvalue weighted by Gasteiger charge is 2.51. The Morgan fingerprint density at radius 2 is 1.81 bits per heavy atom. The van der Waals surface area contributed by atoms with Crippen molar-refractivity contribution < 1.29 is 9.53 Å². The van der Waals surface area contributed by atoms with Crippen LogP contribution in [0.25, 0.3) is 0 Å². The first kappa shape index (κ1) is 21.1. The molecule has 0 radical (unpaired) electrons. The van der Waals surface area contributed by atoms with E-state index in [0.717, 1.165) is 28.7 Å². The van der Waals surface area contributed by atoms with Crippen molar-refractivity contribution >= 4 is 29.3 Å². The number of rotatable bonds is 7. The number of ether oxygens (including phenoxy) is 1. The average molecular weight is 461 g/mol. The van der Waals surface area contributed by atoms with E-state index in [1.807, 2.05) is 30.7 Å². The van der Waals surface area contributed by atoms with Crippen LogP contribution < -0.4 is 10.1 Å². The van der Waals surface area contributed by atoms with Gasteiger partial charge in [-0.05, 0) is 87.5 Å². The van der Waals surface area contributed by atoms with Crippen LogP contribution in [-0.2, 0) is 18.4 Å². The van der Waals surface area contributed by atoms with Gasteiger partial charge in [0.2, 0.25) is 5.91 Å². The SMILES string of the molecule is CC(Sc1nnc(COc2ccc(Cl)cc2)n1C)C(=O)NC12CC3CC(CC(C3)C1)C2. The summed E-state index contributed by atoms with van der Waals surface area (Å²) >= 11 is 7.37. The van der Waals surface area contributed by atoms with Crippen LogP contribution >= 0.6 is 23.4 Å². The third kappa shape index (κ3) is 4.44. The van der Waals surface area contributed by atoms with Crippen molar-refractivity contribution in [2.45, 2.75) is 68.0 Å². The summed E-state index contributed by atoms with van der Waals surface area (Å²) in [7, 11) is 1.91. The third-order valence-electron chi connectivity index (χ3n) is 7.18. The lowest BCUT2D eigenvalue weighted by Gasteiger charge is -2.57. The standard InChI is InChI=1S/C23H29ClN4O2S/c1-14(21(29)25-23-10-15-7-16(11-23)9-17(8-15)12-23)31-22-27-26-20(28(22)2)13-30-19-5-3-18(24)4-6-19/h3-6,14-17H,7-13H2,1-2H3,(H,25,29). The minimum Gasteiger partial charge on any atom is -0.486 e. The molecular weight excluding hydrogens is 432 g/mol. The second-order valence-electron chi connectivity index (χ2n) is 9.65. The molecule has 6 nitrogen and oxygen atoms in total. The summed E-state index contributed by atoms with van der Waals surface area (Å²) in [5.74, 6) is 4.01. The normalized spacial score (nSPS) is 29.7. The molecule has 31 heavy (non-hydrogen) atoms. The van der Waals surface area contributed by atoms with Crippen molar-refractivity contribution in [2.75, 3.05) is 0 Å². The molecule has 1 aromatic carbocycles. The van der Waals surface area contributed by atoms with E-state index in [1.54, 1.807) is 12.1 Å². The molecular formula is C23H29ClN4O2S. The van der Waals surface area contributed by atoms with Crippen molar-refractivity contribution in [1.82, 2.24) is 20.1 Å². The number of thioether (sulfide) groups is 1. The smallest absolute Gasteiger partial charge is 0.233 e. The summed E-state index contributed by atoms with van der Waals surface area (Å²) in [5, 5.41) is 13.2.